The monoisotopic (exact) mass is 349 g/mol. The molecule has 0 radical (unpaired) electrons. The first-order chi connectivity index (χ1) is 12.7. The molecule has 4 nitrogen and oxygen atoms in total. The molecule has 1 aliphatic rings. The van der Waals surface area contributed by atoms with Gasteiger partial charge in [0.1, 0.15) is 18.1 Å². The van der Waals surface area contributed by atoms with Crippen molar-refractivity contribution in [2.24, 2.45) is 0 Å². The van der Waals surface area contributed by atoms with E-state index in [4.69, 9.17) is 9.15 Å². The maximum absolute atomic E-state index is 11.9. The van der Waals surface area contributed by atoms with Gasteiger partial charge in [-0.2, -0.15) is 0 Å². The maximum Gasteiger partial charge on any atom is 0.336 e. The molecular formula is C22H23NO3. The zero-order valence-corrected chi connectivity index (χ0v) is 15.2. The molecule has 1 aromatic heterocycles. The van der Waals surface area contributed by atoms with Crippen molar-refractivity contribution < 1.29 is 9.15 Å². The Labute approximate surface area is 153 Å². The molecule has 0 saturated heterocycles. The molecule has 0 unspecified atom stereocenters. The summed E-state index contributed by atoms with van der Waals surface area (Å²) >= 11 is 0. The van der Waals surface area contributed by atoms with Crippen LogP contribution in [0.3, 0.4) is 0 Å². The van der Waals surface area contributed by atoms with E-state index in [1.807, 2.05) is 13.0 Å². The van der Waals surface area contributed by atoms with Crippen LogP contribution in [0, 0.1) is 6.92 Å². The predicted molar refractivity (Wildman–Crippen MR) is 102 cm³/mol. The summed E-state index contributed by atoms with van der Waals surface area (Å²) in [6.45, 7) is 6.31. The summed E-state index contributed by atoms with van der Waals surface area (Å²) < 4.78 is 11.6. The first-order valence-electron chi connectivity index (χ1n) is 9.14. The Morgan fingerprint density at radius 2 is 1.96 bits per heavy atom. The fourth-order valence-electron chi connectivity index (χ4n) is 3.75. The molecule has 4 heteroatoms. The molecule has 134 valence electrons. The van der Waals surface area contributed by atoms with Crippen LogP contribution in [0.4, 0.5) is 0 Å². The third-order valence-electron chi connectivity index (χ3n) is 4.93. The molecule has 1 aliphatic heterocycles. The van der Waals surface area contributed by atoms with Gasteiger partial charge in [0.05, 0.1) is 0 Å². The van der Waals surface area contributed by atoms with Crippen LogP contribution in [0.2, 0.25) is 0 Å². The molecule has 0 aliphatic carbocycles. The third-order valence-corrected chi connectivity index (χ3v) is 4.93. The van der Waals surface area contributed by atoms with E-state index in [1.165, 1.54) is 5.56 Å². The van der Waals surface area contributed by atoms with Crippen molar-refractivity contribution in [1.82, 2.24) is 4.90 Å². The van der Waals surface area contributed by atoms with Crippen LogP contribution in [0.1, 0.15) is 35.6 Å². The number of ether oxygens (including phenoxy) is 1. The van der Waals surface area contributed by atoms with Crippen LogP contribution >= 0.6 is 0 Å². The molecular weight excluding hydrogens is 326 g/mol. The van der Waals surface area contributed by atoms with E-state index in [0.29, 0.717) is 12.3 Å². The van der Waals surface area contributed by atoms with Crippen molar-refractivity contribution >= 4 is 11.0 Å². The fourth-order valence-corrected chi connectivity index (χ4v) is 3.75. The number of benzene rings is 2. The summed E-state index contributed by atoms with van der Waals surface area (Å²) in [5, 5.41) is 1.04. The highest BCUT2D eigenvalue weighted by atomic mass is 16.5. The van der Waals surface area contributed by atoms with Crippen LogP contribution in [0.15, 0.2) is 51.7 Å². The minimum absolute atomic E-state index is 0.287. The lowest BCUT2D eigenvalue weighted by Crippen LogP contribution is -2.32. The number of nitrogens with zero attached hydrogens (tertiary/aromatic N) is 1. The Hall–Kier alpha value is -2.59. The van der Waals surface area contributed by atoms with Gasteiger partial charge in [-0.3, -0.25) is 4.90 Å². The lowest BCUT2D eigenvalue weighted by atomic mass is 9.98. The normalized spacial score (nSPS) is 14.2. The fraction of sp³-hybridized carbons (Fsp3) is 0.318. The SMILES string of the molecule is CCCc1cc(=O)oc2c(C)c3c(cc12)CN(Cc1ccccc1)CO3. The number of aryl methyl sites for hydroxylation is 2. The largest absolute Gasteiger partial charge is 0.477 e. The van der Waals surface area contributed by atoms with Gasteiger partial charge in [-0.15, -0.1) is 0 Å². The van der Waals surface area contributed by atoms with Crippen molar-refractivity contribution in [2.75, 3.05) is 6.73 Å². The van der Waals surface area contributed by atoms with E-state index in [-0.39, 0.29) is 5.63 Å². The zero-order chi connectivity index (χ0) is 18.1. The van der Waals surface area contributed by atoms with Crippen molar-refractivity contribution in [2.45, 2.75) is 39.8 Å². The number of rotatable bonds is 4. The van der Waals surface area contributed by atoms with E-state index in [2.05, 4.69) is 42.2 Å². The average molecular weight is 349 g/mol. The highest BCUT2D eigenvalue weighted by molar-refractivity contribution is 5.86. The molecule has 4 rings (SSSR count). The van der Waals surface area contributed by atoms with Gasteiger partial charge in [0, 0.05) is 35.7 Å². The highest BCUT2D eigenvalue weighted by Crippen LogP contribution is 2.36. The minimum atomic E-state index is -0.287. The van der Waals surface area contributed by atoms with Crippen molar-refractivity contribution in [3.8, 4) is 5.75 Å². The van der Waals surface area contributed by atoms with E-state index < -0.39 is 0 Å². The van der Waals surface area contributed by atoms with Gasteiger partial charge in [0.25, 0.3) is 0 Å². The standard InChI is InChI=1S/C22H23NO3/c1-3-7-17-11-20(24)26-22-15(2)21-18(10-19(17)22)13-23(14-25-21)12-16-8-5-4-6-9-16/h4-6,8-11H,3,7,12-14H2,1-2H3. The second kappa shape index (κ2) is 6.96. The quantitative estimate of drug-likeness (QED) is 0.655. The van der Waals surface area contributed by atoms with Gasteiger partial charge in [-0.05, 0) is 30.5 Å². The minimum Gasteiger partial charge on any atom is -0.477 e. The Bertz CT molecular complexity index is 992. The van der Waals surface area contributed by atoms with Gasteiger partial charge in [0.15, 0.2) is 0 Å². The van der Waals surface area contributed by atoms with E-state index in [0.717, 1.165) is 53.8 Å². The second-order valence-electron chi connectivity index (χ2n) is 6.95. The molecule has 0 N–H and O–H groups in total. The highest BCUT2D eigenvalue weighted by Gasteiger charge is 2.23. The first kappa shape index (κ1) is 16.9. The number of fused-ring (bicyclic) bond motifs is 2. The first-order valence-corrected chi connectivity index (χ1v) is 9.14. The second-order valence-corrected chi connectivity index (χ2v) is 6.95. The smallest absolute Gasteiger partial charge is 0.336 e. The maximum atomic E-state index is 11.9. The van der Waals surface area contributed by atoms with Gasteiger partial charge in [-0.1, -0.05) is 43.7 Å². The number of hydrogen-bond donors (Lipinski definition) is 0. The Morgan fingerprint density at radius 1 is 1.15 bits per heavy atom. The van der Waals surface area contributed by atoms with E-state index >= 15 is 0 Å². The average Bonchev–Trinajstić information content (AvgIpc) is 2.64. The van der Waals surface area contributed by atoms with Gasteiger partial charge in [-0.25, -0.2) is 4.79 Å². The summed E-state index contributed by atoms with van der Waals surface area (Å²) in [5.41, 5.74) is 4.79. The molecule has 2 heterocycles. The summed E-state index contributed by atoms with van der Waals surface area (Å²) in [5.74, 6) is 0.860. The third kappa shape index (κ3) is 3.13. The molecule has 0 fully saturated rings. The van der Waals surface area contributed by atoms with Crippen LogP contribution in [-0.4, -0.2) is 11.6 Å². The molecule has 0 atom stereocenters. The summed E-state index contributed by atoms with van der Waals surface area (Å²) in [7, 11) is 0. The summed E-state index contributed by atoms with van der Waals surface area (Å²) in [6.07, 6.45) is 1.86. The molecule has 0 amide bonds. The van der Waals surface area contributed by atoms with Crippen LogP contribution in [0.25, 0.3) is 11.0 Å². The molecule has 3 aromatic rings. The van der Waals surface area contributed by atoms with Crippen LogP contribution < -0.4 is 10.4 Å². The Morgan fingerprint density at radius 3 is 2.73 bits per heavy atom. The van der Waals surface area contributed by atoms with Crippen molar-refractivity contribution in [1.29, 1.82) is 0 Å². The number of hydrogen-bond acceptors (Lipinski definition) is 4. The van der Waals surface area contributed by atoms with Crippen molar-refractivity contribution in [3.63, 3.8) is 0 Å². The molecule has 2 aromatic carbocycles. The Balaban J connectivity index is 1.73. The lowest BCUT2D eigenvalue weighted by molar-refractivity contribution is 0.0881. The Kier molecular flexibility index (Phi) is 4.51. The van der Waals surface area contributed by atoms with Crippen molar-refractivity contribution in [3.05, 3.63) is 75.1 Å². The summed E-state index contributed by atoms with van der Waals surface area (Å²) in [6, 6.07) is 14.2. The topological polar surface area (TPSA) is 42.7 Å². The molecule has 0 spiro atoms. The molecule has 26 heavy (non-hydrogen) atoms. The van der Waals surface area contributed by atoms with Crippen LogP contribution in [0.5, 0.6) is 5.75 Å². The van der Waals surface area contributed by atoms with Gasteiger partial charge < -0.3 is 9.15 Å². The lowest BCUT2D eigenvalue weighted by Gasteiger charge is -2.30. The van der Waals surface area contributed by atoms with Gasteiger partial charge in [0.2, 0.25) is 0 Å². The van der Waals surface area contributed by atoms with E-state index in [1.54, 1.807) is 6.07 Å². The zero-order valence-electron chi connectivity index (χ0n) is 15.2. The molecule has 0 saturated carbocycles. The molecule has 0 bridgehead atoms. The predicted octanol–water partition coefficient (Wildman–Crippen LogP) is 4.41. The van der Waals surface area contributed by atoms with E-state index in [9.17, 15) is 4.79 Å². The summed E-state index contributed by atoms with van der Waals surface area (Å²) in [4.78, 5) is 14.2. The van der Waals surface area contributed by atoms with Gasteiger partial charge >= 0.3 is 5.63 Å². The van der Waals surface area contributed by atoms with Crippen LogP contribution in [-0.2, 0) is 19.5 Å².